The molecule has 0 spiro atoms. The van der Waals surface area contributed by atoms with Crippen molar-refractivity contribution in [2.75, 3.05) is 26.2 Å². The summed E-state index contributed by atoms with van der Waals surface area (Å²) in [6.45, 7) is 15.7. The van der Waals surface area contributed by atoms with Gasteiger partial charge in [0.15, 0.2) is 0 Å². The molecule has 0 saturated carbocycles. The maximum Gasteiger partial charge on any atom is 0.0757 e. The van der Waals surface area contributed by atoms with Gasteiger partial charge in [0.25, 0.3) is 0 Å². The summed E-state index contributed by atoms with van der Waals surface area (Å²) >= 11 is 0. The molecule has 0 N–H and O–H groups in total. The number of carbonyl (C=O) groups excluding carboxylic acids is 1. The molecule has 4 heteroatoms. The van der Waals surface area contributed by atoms with Crippen molar-refractivity contribution in [3.05, 3.63) is 5.41 Å². The molecule has 0 heterocycles. The second-order valence-electron chi connectivity index (χ2n) is 2.92. The summed E-state index contributed by atoms with van der Waals surface area (Å²) in [7, 11) is 0. The summed E-state index contributed by atoms with van der Waals surface area (Å²) in [4.78, 5) is 8.24. The quantitative estimate of drug-likeness (QED) is 0.408. The van der Waals surface area contributed by atoms with Gasteiger partial charge in [-0.15, -0.1) is 0 Å². The zero-order chi connectivity index (χ0) is 12.7. The van der Waals surface area contributed by atoms with Gasteiger partial charge in [-0.2, -0.15) is 5.26 Å². The molecule has 0 aliphatic heterocycles. The van der Waals surface area contributed by atoms with Gasteiger partial charge in [-0.3, -0.25) is 4.79 Å². The van der Waals surface area contributed by atoms with Crippen LogP contribution in [-0.4, -0.2) is 36.7 Å². The molecule has 0 saturated heterocycles. The summed E-state index contributed by atoms with van der Waals surface area (Å²) in [5.41, 5.74) is 0. The topological polar surface area (TPSA) is 63.2 Å². The number of nitriles is 1. The molecule has 0 aliphatic rings. The Kier molecular flexibility index (Phi) is 19.8. The van der Waals surface area contributed by atoms with Crippen LogP contribution in [0.2, 0.25) is 0 Å². The van der Waals surface area contributed by atoms with E-state index in [0.717, 1.165) is 0 Å². The third-order valence-corrected chi connectivity index (χ3v) is 2.68. The lowest BCUT2D eigenvalue weighted by Crippen LogP contribution is -2.47. The molecule has 0 fully saturated rings. The Morgan fingerprint density at radius 1 is 1.07 bits per heavy atom. The van der Waals surface area contributed by atoms with Crippen molar-refractivity contribution < 1.29 is 9.28 Å². The van der Waals surface area contributed by atoms with Gasteiger partial charge in [-0.25, -0.2) is 0 Å². The lowest BCUT2D eigenvalue weighted by Gasteiger charge is -2.34. The van der Waals surface area contributed by atoms with Crippen LogP contribution < -0.4 is 0 Å². The first-order chi connectivity index (χ1) is 7.07. The van der Waals surface area contributed by atoms with E-state index in [1.807, 2.05) is 0 Å². The molecular formula is C11H23N3O. The van der Waals surface area contributed by atoms with E-state index in [4.69, 9.17) is 15.5 Å². The van der Waals surface area contributed by atoms with E-state index in [2.05, 4.69) is 27.7 Å². The summed E-state index contributed by atoms with van der Waals surface area (Å²) < 4.78 is 1.28. The van der Waals surface area contributed by atoms with Crippen molar-refractivity contribution in [1.29, 1.82) is 5.26 Å². The van der Waals surface area contributed by atoms with Gasteiger partial charge in [0.1, 0.15) is 0 Å². The fraction of sp³-hybridized carbons (Fsp3) is 0.818. The van der Waals surface area contributed by atoms with Gasteiger partial charge in [0.05, 0.1) is 32.2 Å². The molecule has 0 bridgehead atoms. The van der Waals surface area contributed by atoms with Gasteiger partial charge in [-0.1, -0.05) is 0 Å². The summed E-state index contributed by atoms with van der Waals surface area (Å²) in [6, 6.07) is 1.75. The zero-order valence-electron chi connectivity index (χ0n) is 10.6. The highest BCUT2D eigenvalue weighted by Gasteiger charge is 2.16. The van der Waals surface area contributed by atoms with Crippen LogP contribution in [0.5, 0.6) is 0 Å². The number of quaternary nitrogens is 1. The molecule has 0 radical (unpaired) electrons. The van der Waals surface area contributed by atoms with Crippen LogP contribution in [0.15, 0.2) is 0 Å². The predicted octanol–water partition coefficient (Wildman–Crippen LogP) is 2.30. The van der Waals surface area contributed by atoms with E-state index in [1.54, 1.807) is 6.07 Å². The molecule has 0 amide bonds. The van der Waals surface area contributed by atoms with Crippen molar-refractivity contribution in [2.24, 2.45) is 0 Å². The summed E-state index contributed by atoms with van der Waals surface area (Å²) in [5.74, 6) is 0. The van der Waals surface area contributed by atoms with E-state index < -0.39 is 0 Å². The molecule has 0 aromatic rings. The zero-order valence-corrected chi connectivity index (χ0v) is 10.6. The van der Waals surface area contributed by atoms with E-state index in [9.17, 15) is 0 Å². The van der Waals surface area contributed by atoms with Crippen LogP contribution in [-0.2, 0) is 4.79 Å². The fourth-order valence-electron chi connectivity index (χ4n) is 1.34. The van der Waals surface area contributed by atoms with Crippen molar-refractivity contribution in [3.63, 3.8) is 0 Å². The molecule has 0 aromatic carbocycles. The predicted molar refractivity (Wildman–Crippen MR) is 62.8 cm³/mol. The molecule has 0 unspecified atom stereocenters. The Morgan fingerprint density at radius 2 is 1.20 bits per heavy atom. The molecule has 4 nitrogen and oxygen atoms in total. The number of nitrogens with zero attached hydrogens (tertiary/aromatic N) is 3. The molecule has 88 valence electrons. The number of rotatable bonds is 4. The summed E-state index contributed by atoms with van der Waals surface area (Å²) in [6.07, 6.45) is 0.500. The lowest BCUT2D eigenvalue weighted by molar-refractivity contribution is -0.921. The van der Waals surface area contributed by atoms with Crippen LogP contribution in [0.4, 0.5) is 0 Å². The van der Waals surface area contributed by atoms with Crippen LogP contribution in [0.1, 0.15) is 34.6 Å². The minimum atomic E-state index is 0.500. The van der Waals surface area contributed by atoms with Crippen LogP contribution >= 0.6 is 0 Å². The van der Waals surface area contributed by atoms with Crippen molar-refractivity contribution in [3.8, 4) is 6.07 Å². The van der Waals surface area contributed by atoms with Crippen LogP contribution in [0, 0.1) is 11.3 Å². The van der Waals surface area contributed by atoms with E-state index in [1.165, 1.54) is 37.6 Å². The van der Waals surface area contributed by atoms with Crippen molar-refractivity contribution in [2.45, 2.75) is 34.6 Å². The van der Waals surface area contributed by atoms with Gasteiger partial charge in [0.2, 0.25) is 0 Å². The minimum Gasteiger partial charge on any atom is -0.724 e. The Balaban J connectivity index is -0.000000200. The maximum atomic E-state index is 8.24. The third-order valence-electron chi connectivity index (χ3n) is 2.68. The van der Waals surface area contributed by atoms with Crippen LogP contribution in [0.25, 0.3) is 5.41 Å². The minimum absolute atomic E-state index is 0.500. The molecule has 0 rings (SSSR count). The molecule has 0 aromatic heterocycles. The first-order valence-electron chi connectivity index (χ1n) is 5.24. The smallest absolute Gasteiger partial charge is 0.0757 e. The van der Waals surface area contributed by atoms with Gasteiger partial charge >= 0.3 is 0 Å². The second kappa shape index (κ2) is 15.3. The van der Waals surface area contributed by atoms with Crippen LogP contribution in [0.3, 0.4) is 0 Å². The Hall–Kier alpha value is -1.17. The van der Waals surface area contributed by atoms with Crippen molar-refractivity contribution in [1.82, 2.24) is 0 Å². The van der Waals surface area contributed by atoms with E-state index in [-0.39, 0.29) is 0 Å². The average Bonchev–Trinajstić information content (AvgIpc) is 2.24. The number of hydrogen-bond donors (Lipinski definition) is 0. The summed E-state index contributed by atoms with van der Waals surface area (Å²) in [5, 5.41) is 14.1. The molecule has 0 atom stereocenters. The average molecular weight is 213 g/mol. The lowest BCUT2D eigenvalue weighted by atomic mass is 10.3. The normalized spacial score (nSPS) is 8.27. The van der Waals surface area contributed by atoms with E-state index in [0.29, 0.717) is 6.08 Å². The fourth-order valence-corrected chi connectivity index (χ4v) is 1.34. The highest BCUT2D eigenvalue weighted by atomic mass is 16.1. The first-order valence-corrected chi connectivity index (χ1v) is 5.24. The van der Waals surface area contributed by atoms with Gasteiger partial charge in [0, 0.05) is 6.92 Å². The molecule has 0 aliphatic carbocycles. The van der Waals surface area contributed by atoms with Gasteiger partial charge < -0.3 is 9.89 Å². The number of isocyanates is 1. The highest BCUT2D eigenvalue weighted by molar-refractivity contribution is 5.36. The van der Waals surface area contributed by atoms with Gasteiger partial charge in [-0.05, 0) is 33.8 Å². The Labute approximate surface area is 93.6 Å². The molecule has 15 heavy (non-hydrogen) atoms. The number of hydrogen-bond acceptors (Lipinski definition) is 2. The molecular weight excluding hydrogens is 190 g/mol. The first kappa shape index (κ1) is 19.4. The maximum absolute atomic E-state index is 8.24. The Bertz CT molecular complexity index is 169. The monoisotopic (exact) mass is 213 g/mol. The second-order valence-corrected chi connectivity index (χ2v) is 2.92. The standard InChI is InChI=1S/C8H20N.C2H3N.CNO/c1-5-9(6-2,7-3)8-4;1-2-3;2-1-3/h5-8H2,1-4H3;1H3;/q+1;;-1. The Morgan fingerprint density at radius 3 is 1.20 bits per heavy atom. The third kappa shape index (κ3) is 12.8. The highest BCUT2D eigenvalue weighted by Crippen LogP contribution is 2.03. The largest absolute Gasteiger partial charge is 0.724 e. The van der Waals surface area contributed by atoms with Crippen molar-refractivity contribution >= 4 is 6.08 Å². The SMILES string of the molecule is CC#N.CC[N+](CC)(CC)CC.[N-]=C=O. The van der Waals surface area contributed by atoms with E-state index >= 15 is 0 Å².